The third kappa shape index (κ3) is 2.85. The Kier molecular flexibility index (Phi) is 4.87. The van der Waals surface area contributed by atoms with Gasteiger partial charge in [0.25, 0.3) is 0 Å². The van der Waals surface area contributed by atoms with Crippen LogP contribution in [-0.4, -0.2) is 70.9 Å². The molecule has 0 bridgehead atoms. The molecule has 7 nitrogen and oxygen atoms in total. The van der Waals surface area contributed by atoms with Gasteiger partial charge in [0.1, 0.15) is 24.4 Å². The molecule has 0 aliphatic carbocycles. The van der Waals surface area contributed by atoms with E-state index in [0.29, 0.717) is 0 Å². The molecule has 0 aromatic heterocycles. The summed E-state index contributed by atoms with van der Waals surface area (Å²) in [6.07, 6.45) is -6.04. The summed E-state index contributed by atoms with van der Waals surface area (Å²) in [5.74, 6) is 0. The lowest BCUT2D eigenvalue weighted by molar-refractivity contribution is -0.295. The van der Waals surface area contributed by atoms with E-state index in [9.17, 15) is 15.3 Å². The van der Waals surface area contributed by atoms with E-state index in [1.807, 2.05) is 0 Å². The Morgan fingerprint density at radius 2 is 1.87 bits per heavy atom. The summed E-state index contributed by atoms with van der Waals surface area (Å²) in [5.41, 5.74) is 5.19. The zero-order valence-electron chi connectivity index (χ0n) is 8.19. The van der Waals surface area contributed by atoms with Crippen LogP contribution in [0.4, 0.5) is 0 Å². The Labute approximate surface area is 87.0 Å². The third-order valence-corrected chi connectivity index (χ3v) is 2.27. The van der Waals surface area contributed by atoms with E-state index >= 15 is 0 Å². The van der Waals surface area contributed by atoms with Crippen molar-refractivity contribution in [2.45, 2.75) is 30.7 Å². The molecule has 90 valence electrons. The van der Waals surface area contributed by atoms with Crippen LogP contribution in [0.15, 0.2) is 0 Å². The maximum Gasteiger partial charge on any atom is 0.184 e. The average molecular weight is 223 g/mol. The number of hydrogen-bond donors (Lipinski definition) is 5. The standard InChI is InChI=1S/C8H17NO6/c9-1-2-14-7-6(12)5(11)4(3-10)15-8(7)13/h4-8,10-13H,1-3,9H2/t4-,5-,6+,7+,8+/m1/s1. The molecule has 1 aliphatic heterocycles. The van der Waals surface area contributed by atoms with Gasteiger partial charge in [0.2, 0.25) is 0 Å². The van der Waals surface area contributed by atoms with Crippen molar-refractivity contribution in [2.75, 3.05) is 19.8 Å². The predicted molar refractivity (Wildman–Crippen MR) is 48.8 cm³/mol. The van der Waals surface area contributed by atoms with Gasteiger partial charge in [0, 0.05) is 6.54 Å². The van der Waals surface area contributed by atoms with Crippen LogP contribution < -0.4 is 5.73 Å². The Bertz CT molecular complexity index is 192. The van der Waals surface area contributed by atoms with Crippen LogP contribution >= 0.6 is 0 Å². The van der Waals surface area contributed by atoms with Crippen LogP contribution in [0.2, 0.25) is 0 Å². The maximum atomic E-state index is 9.57. The highest BCUT2D eigenvalue weighted by Gasteiger charge is 2.44. The van der Waals surface area contributed by atoms with Gasteiger partial charge in [-0.15, -0.1) is 0 Å². The van der Waals surface area contributed by atoms with Crippen LogP contribution in [0, 0.1) is 0 Å². The molecule has 0 amide bonds. The zero-order chi connectivity index (χ0) is 11.4. The molecule has 7 heteroatoms. The number of rotatable bonds is 4. The lowest BCUT2D eigenvalue weighted by atomic mass is 9.99. The SMILES string of the molecule is NCCO[C@H]1[C@@H](O)[C@H](O)[C@@H](CO)O[C@@H]1O. The molecule has 1 heterocycles. The Balaban J connectivity index is 2.58. The van der Waals surface area contributed by atoms with Gasteiger partial charge in [0.15, 0.2) is 6.29 Å². The molecule has 1 aliphatic rings. The normalized spacial score (nSPS) is 41.8. The molecule has 1 rings (SSSR count). The van der Waals surface area contributed by atoms with Crippen LogP contribution in [0.1, 0.15) is 0 Å². The smallest absolute Gasteiger partial charge is 0.184 e. The quantitative estimate of drug-likeness (QED) is 0.339. The first-order valence-corrected chi connectivity index (χ1v) is 4.74. The average Bonchev–Trinajstić information content (AvgIpc) is 2.23. The molecule has 0 spiro atoms. The fourth-order valence-corrected chi connectivity index (χ4v) is 1.46. The van der Waals surface area contributed by atoms with Crippen molar-refractivity contribution in [1.29, 1.82) is 0 Å². The molecule has 5 atom stereocenters. The van der Waals surface area contributed by atoms with E-state index in [4.69, 9.17) is 20.3 Å². The van der Waals surface area contributed by atoms with Crippen LogP contribution in [0.5, 0.6) is 0 Å². The highest BCUT2D eigenvalue weighted by molar-refractivity contribution is 4.89. The van der Waals surface area contributed by atoms with Crippen molar-refractivity contribution in [3.05, 3.63) is 0 Å². The molecule has 0 radical (unpaired) electrons. The van der Waals surface area contributed by atoms with Gasteiger partial charge in [-0.05, 0) is 0 Å². The number of nitrogens with two attached hydrogens (primary N) is 1. The van der Waals surface area contributed by atoms with E-state index in [2.05, 4.69) is 0 Å². The monoisotopic (exact) mass is 223 g/mol. The maximum absolute atomic E-state index is 9.57. The molecular weight excluding hydrogens is 206 g/mol. The van der Waals surface area contributed by atoms with Crippen molar-refractivity contribution in [1.82, 2.24) is 0 Å². The summed E-state index contributed by atoms with van der Waals surface area (Å²) < 4.78 is 9.89. The van der Waals surface area contributed by atoms with Crippen molar-refractivity contribution < 1.29 is 29.9 Å². The predicted octanol–water partition coefficient (Wildman–Crippen LogP) is -3.24. The summed E-state index contributed by atoms with van der Waals surface area (Å²) in [5, 5.41) is 37.2. The summed E-state index contributed by atoms with van der Waals surface area (Å²) in [6, 6.07) is 0. The minimum absolute atomic E-state index is 0.138. The highest BCUT2D eigenvalue weighted by atomic mass is 16.7. The van der Waals surface area contributed by atoms with E-state index < -0.39 is 37.3 Å². The topological polar surface area (TPSA) is 125 Å². The summed E-state index contributed by atoms with van der Waals surface area (Å²) in [7, 11) is 0. The molecule has 0 unspecified atom stereocenters. The number of ether oxygens (including phenoxy) is 2. The van der Waals surface area contributed by atoms with Gasteiger partial charge in [-0.1, -0.05) is 0 Å². The highest BCUT2D eigenvalue weighted by Crippen LogP contribution is 2.21. The Morgan fingerprint density at radius 3 is 2.40 bits per heavy atom. The molecule has 0 aromatic carbocycles. The van der Waals surface area contributed by atoms with E-state index in [1.165, 1.54) is 0 Å². The van der Waals surface area contributed by atoms with Crippen molar-refractivity contribution >= 4 is 0 Å². The molecule has 1 saturated heterocycles. The lowest BCUT2D eigenvalue weighted by Gasteiger charge is -2.39. The molecular formula is C8H17NO6. The lowest BCUT2D eigenvalue weighted by Crippen LogP contribution is -2.59. The minimum atomic E-state index is -1.38. The van der Waals surface area contributed by atoms with E-state index in [1.54, 1.807) is 0 Å². The fraction of sp³-hybridized carbons (Fsp3) is 1.00. The summed E-state index contributed by atoms with van der Waals surface area (Å²) in [4.78, 5) is 0. The Hall–Kier alpha value is -0.280. The second kappa shape index (κ2) is 5.71. The fourth-order valence-electron chi connectivity index (χ4n) is 1.46. The number of hydrogen-bond acceptors (Lipinski definition) is 7. The van der Waals surface area contributed by atoms with Gasteiger partial charge in [-0.2, -0.15) is 0 Å². The van der Waals surface area contributed by atoms with Crippen LogP contribution in [-0.2, 0) is 9.47 Å². The molecule has 15 heavy (non-hydrogen) atoms. The van der Waals surface area contributed by atoms with E-state index in [-0.39, 0.29) is 13.2 Å². The molecule has 0 aromatic rings. The van der Waals surface area contributed by atoms with Crippen molar-refractivity contribution in [3.63, 3.8) is 0 Å². The van der Waals surface area contributed by atoms with Crippen molar-refractivity contribution in [2.24, 2.45) is 5.73 Å². The summed E-state index contributed by atoms with van der Waals surface area (Å²) >= 11 is 0. The first-order chi connectivity index (χ1) is 7.11. The van der Waals surface area contributed by atoms with Crippen molar-refractivity contribution in [3.8, 4) is 0 Å². The van der Waals surface area contributed by atoms with Crippen LogP contribution in [0.25, 0.3) is 0 Å². The second-order valence-electron chi connectivity index (χ2n) is 3.35. The largest absolute Gasteiger partial charge is 0.394 e. The first-order valence-electron chi connectivity index (χ1n) is 4.74. The molecule has 6 N–H and O–H groups in total. The second-order valence-corrected chi connectivity index (χ2v) is 3.35. The number of aliphatic hydroxyl groups excluding tert-OH is 4. The Morgan fingerprint density at radius 1 is 1.20 bits per heavy atom. The molecule has 1 fully saturated rings. The number of aliphatic hydroxyl groups is 4. The first kappa shape index (κ1) is 12.8. The van der Waals surface area contributed by atoms with Gasteiger partial charge in [0.05, 0.1) is 13.2 Å². The van der Waals surface area contributed by atoms with Crippen LogP contribution in [0.3, 0.4) is 0 Å². The van der Waals surface area contributed by atoms with Gasteiger partial charge in [-0.25, -0.2) is 0 Å². The van der Waals surface area contributed by atoms with Gasteiger partial charge >= 0.3 is 0 Å². The van der Waals surface area contributed by atoms with Gasteiger partial charge in [-0.3, -0.25) is 0 Å². The van der Waals surface area contributed by atoms with E-state index in [0.717, 1.165) is 0 Å². The van der Waals surface area contributed by atoms with Gasteiger partial charge < -0.3 is 35.6 Å². The third-order valence-electron chi connectivity index (χ3n) is 2.27. The molecule has 0 saturated carbocycles. The minimum Gasteiger partial charge on any atom is -0.394 e. The zero-order valence-corrected chi connectivity index (χ0v) is 8.19. The summed E-state index contributed by atoms with van der Waals surface area (Å²) in [6.45, 7) is -0.118.